The molecular formula is C12H24N2O4. The smallest absolute Gasteiger partial charge is 0.326 e. The van der Waals surface area contributed by atoms with Crippen molar-refractivity contribution in [1.82, 2.24) is 10.2 Å². The number of carbonyl (C=O) groups is 2. The lowest BCUT2D eigenvalue weighted by atomic mass is 10.1. The van der Waals surface area contributed by atoms with Gasteiger partial charge in [0.15, 0.2) is 0 Å². The molecule has 0 aromatic heterocycles. The first kappa shape index (κ1) is 16.7. The number of nitrogens with zero attached hydrogens (tertiary/aromatic N) is 1. The molecule has 1 atom stereocenters. The second-order valence-electron chi connectivity index (χ2n) is 4.85. The highest BCUT2D eigenvalue weighted by molar-refractivity contribution is 5.82. The summed E-state index contributed by atoms with van der Waals surface area (Å²) in [5, 5.41) is 11.5. The van der Waals surface area contributed by atoms with Crippen LogP contribution in [0.4, 0.5) is 4.79 Å². The lowest BCUT2D eigenvalue weighted by Crippen LogP contribution is -2.49. The number of aliphatic carboxylic acids is 1. The van der Waals surface area contributed by atoms with E-state index in [1.807, 2.05) is 13.8 Å². The van der Waals surface area contributed by atoms with Crippen LogP contribution in [0, 0.1) is 5.92 Å². The lowest BCUT2D eigenvalue weighted by Gasteiger charge is -2.23. The second kappa shape index (κ2) is 7.92. The van der Waals surface area contributed by atoms with Crippen molar-refractivity contribution in [2.75, 3.05) is 20.2 Å². The van der Waals surface area contributed by atoms with Gasteiger partial charge in [0.05, 0.1) is 12.7 Å². The second-order valence-corrected chi connectivity index (χ2v) is 4.85. The lowest BCUT2D eigenvalue weighted by molar-refractivity contribution is -0.140. The van der Waals surface area contributed by atoms with Crippen LogP contribution in [0.15, 0.2) is 0 Å². The van der Waals surface area contributed by atoms with E-state index in [4.69, 9.17) is 9.84 Å². The van der Waals surface area contributed by atoms with Gasteiger partial charge in [0.25, 0.3) is 0 Å². The van der Waals surface area contributed by atoms with Gasteiger partial charge >= 0.3 is 12.0 Å². The molecule has 0 aliphatic carbocycles. The molecule has 18 heavy (non-hydrogen) atoms. The fraction of sp³-hybridized carbons (Fsp3) is 0.833. The molecule has 0 rings (SSSR count). The van der Waals surface area contributed by atoms with E-state index in [2.05, 4.69) is 5.32 Å². The fourth-order valence-corrected chi connectivity index (χ4v) is 1.28. The van der Waals surface area contributed by atoms with Crippen molar-refractivity contribution in [2.24, 2.45) is 5.92 Å². The quantitative estimate of drug-likeness (QED) is 0.720. The average Bonchev–Trinajstić information content (AvgIpc) is 2.23. The Balaban J connectivity index is 4.17. The van der Waals surface area contributed by atoms with E-state index in [1.54, 1.807) is 20.9 Å². The maximum atomic E-state index is 11.7. The standard InChI is InChI=1S/C12H24N2O4/c1-8(2)10(11(15)16)13-12(17)14(5)6-7-18-9(3)4/h8-10H,6-7H2,1-5H3,(H,13,17)(H,15,16)/t10-/m1/s1. The summed E-state index contributed by atoms with van der Waals surface area (Å²) in [5.41, 5.74) is 0. The molecule has 0 radical (unpaired) electrons. The molecule has 106 valence electrons. The number of amides is 2. The third kappa shape index (κ3) is 6.44. The molecular weight excluding hydrogens is 236 g/mol. The Bertz CT molecular complexity index is 279. The molecule has 0 spiro atoms. The number of ether oxygens (including phenoxy) is 1. The van der Waals surface area contributed by atoms with Gasteiger partial charge in [-0.25, -0.2) is 9.59 Å². The summed E-state index contributed by atoms with van der Waals surface area (Å²) in [6.07, 6.45) is 0.115. The number of carboxylic acid groups (broad SMARTS) is 1. The van der Waals surface area contributed by atoms with E-state index >= 15 is 0 Å². The number of rotatable bonds is 7. The highest BCUT2D eigenvalue weighted by Gasteiger charge is 2.24. The number of hydrogen-bond acceptors (Lipinski definition) is 3. The van der Waals surface area contributed by atoms with Gasteiger partial charge in [-0.2, -0.15) is 0 Å². The minimum atomic E-state index is -1.02. The third-order valence-electron chi connectivity index (χ3n) is 2.44. The van der Waals surface area contributed by atoms with Crippen LogP contribution in [0.5, 0.6) is 0 Å². The predicted molar refractivity (Wildman–Crippen MR) is 68.5 cm³/mol. The average molecular weight is 260 g/mol. The van der Waals surface area contributed by atoms with Crippen molar-refractivity contribution in [1.29, 1.82) is 0 Å². The topological polar surface area (TPSA) is 78.9 Å². The molecule has 0 fully saturated rings. The first-order chi connectivity index (χ1) is 8.25. The van der Waals surface area contributed by atoms with Crippen LogP contribution < -0.4 is 5.32 Å². The minimum absolute atomic E-state index is 0.115. The fourth-order valence-electron chi connectivity index (χ4n) is 1.28. The molecule has 2 amide bonds. The van der Waals surface area contributed by atoms with Crippen LogP contribution in [-0.4, -0.2) is 54.4 Å². The molecule has 0 aliphatic heterocycles. The highest BCUT2D eigenvalue weighted by Crippen LogP contribution is 2.02. The number of nitrogens with one attached hydrogen (secondary N) is 1. The summed E-state index contributed by atoms with van der Waals surface area (Å²) in [6, 6.07) is -1.27. The van der Waals surface area contributed by atoms with Crippen LogP contribution in [0.3, 0.4) is 0 Å². The minimum Gasteiger partial charge on any atom is -0.480 e. The first-order valence-electron chi connectivity index (χ1n) is 6.11. The highest BCUT2D eigenvalue weighted by atomic mass is 16.5. The molecule has 0 saturated carbocycles. The van der Waals surface area contributed by atoms with Crippen molar-refractivity contribution in [3.05, 3.63) is 0 Å². The Labute approximate surface area is 108 Å². The Morgan fingerprint density at radius 1 is 1.28 bits per heavy atom. The molecule has 0 saturated heterocycles. The summed E-state index contributed by atoms with van der Waals surface area (Å²) in [6.45, 7) is 8.19. The SMILES string of the molecule is CC(C)OCCN(C)C(=O)N[C@@H](C(=O)O)C(C)C. The van der Waals surface area contributed by atoms with E-state index < -0.39 is 18.0 Å². The van der Waals surface area contributed by atoms with Gasteiger partial charge in [-0.05, 0) is 19.8 Å². The summed E-state index contributed by atoms with van der Waals surface area (Å²) >= 11 is 0. The number of urea groups is 1. The van der Waals surface area contributed by atoms with Crippen LogP contribution in [0.25, 0.3) is 0 Å². The van der Waals surface area contributed by atoms with Gasteiger partial charge < -0.3 is 20.1 Å². The molecule has 2 N–H and O–H groups in total. The number of carboxylic acids is 1. The number of hydrogen-bond donors (Lipinski definition) is 2. The van der Waals surface area contributed by atoms with Crippen LogP contribution >= 0.6 is 0 Å². The Morgan fingerprint density at radius 3 is 2.22 bits per heavy atom. The van der Waals surface area contributed by atoms with Gasteiger partial charge in [0.2, 0.25) is 0 Å². The Morgan fingerprint density at radius 2 is 1.83 bits per heavy atom. The molecule has 0 aliphatic rings. The monoisotopic (exact) mass is 260 g/mol. The zero-order chi connectivity index (χ0) is 14.3. The van der Waals surface area contributed by atoms with Gasteiger partial charge in [0.1, 0.15) is 6.04 Å². The number of carbonyl (C=O) groups excluding carboxylic acids is 1. The van der Waals surface area contributed by atoms with Crippen molar-refractivity contribution < 1.29 is 19.4 Å². The van der Waals surface area contributed by atoms with E-state index in [1.165, 1.54) is 4.90 Å². The summed E-state index contributed by atoms with van der Waals surface area (Å²) in [4.78, 5) is 24.1. The maximum Gasteiger partial charge on any atom is 0.326 e. The van der Waals surface area contributed by atoms with Gasteiger partial charge in [-0.15, -0.1) is 0 Å². The van der Waals surface area contributed by atoms with Gasteiger partial charge in [-0.1, -0.05) is 13.8 Å². The molecule has 0 heterocycles. The Kier molecular flexibility index (Phi) is 7.35. The van der Waals surface area contributed by atoms with E-state index in [0.29, 0.717) is 13.2 Å². The third-order valence-corrected chi connectivity index (χ3v) is 2.44. The normalized spacial score (nSPS) is 12.6. The molecule has 6 heteroatoms. The summed E-state index contributed by atoms with van der Waals surface area (Å²) in [7, 11) is 1.61. The van der Waals surface area contributed by atoms with Crippen molar-refractivity contribution >= 4 is 12.0 Å². The maximum absolute atomic E-state index is 11.7. The molecule has 0 unspecified atom stereocenters. The van der Waals surface area contributed by atoms with Crippen molar-refractivity contribution in [2.45, 2.75) is 39.8 Å². The van der Waals surface area contributed by atoms with E-state index in [0.717, 1.165) is 0 Å². The predicted octanol–water partition coefficient (Wildman–Crippen LogP) is 1.16. The van der Waals surface area contributed by atoms with Gasteiger partial charge in [-0.3, -0.25) is 0 Å². The summed E-state index contributed by atoms with van der Waals surface area (Å²) < 4.78 is 5.32. The molecule has 0 bridgehead atoms. The van der Waals surface area contributed by atoms with E-state index in [9.17, 15) is 9.59 Å². The first-order valence-corrected chi connectivity index (χ1v) is 6.11. The summed E-state index contributed by atoms with van der Waals surface area (Å²) in [5.74, 6) is -1.18. The zero-order valence-corrected chi connectivity index (χ0v) is 11.8. The van der Waals surface area contributed by atoms with Crippen molar-refractivity contribution in [3.8, 4) is 0 Å². The zero-order valence-electron chi connectivity index (χ0n) is 11.8. The molecule has 0 aromatic rings. The molecule has 0 aromatic carbocycles. The van der Waals surface area contributed by atoms with Crippen LogP contribution in [0.2, 0.25) is 0 Å². The van der Waals surface area contributed by atoms with Gasteiger partial charge in [0, 0.05) is 13.6 Å². The van der Waals surface area contributed by atoms with Crippen molar-refractivity contribution in [3.63, 3.8) is 0 Å². The largest absolute Gasteiger partial charge is 0.480 e. The Hall–Kier alpha value is -1.30. The number of likely N-dealkylation sites (N-methyl/N-ethyl adjacent to an activating group) is 1. The van der Waals surface area contributed by atoms with E-state index in [-0.39, 0.29) is 12.0 Å². The molecule has 6 nitrogen and oxygen atoms in total. The van der Waals surface area contributed by atoms with Crippen LogP contribution in [-0.2, 0) is 9.53 Å². The van der Waals surface area contributed by atoms with Crippen LogP contribution in [0.1, 0.15) is 27.7 Å².